The van der Waals surface area contributed by atoms with Gasteiger partial charge in [0.2, 0.25) is 0 Å². The highest BCUT2D eigenvalue weighted by molar-refractivity contribution is 9.10. The number of aliphatic hydroxyl groups is 1. The number of amides is 3. The molecular formula is C11H13BrN4O4. The van der Waals surface area contributed by atoms with Crippen LogP contribution in [0.2, 0.25) is 0 Å². The minimum Gasteiger partial charge on any atom is -0.367 e. The number of ether oxygens (including phenoxy) is 1. The number of nitrogens with one attached hydrogen (secondary N) is 4. The van der Waals surface area contributed by atoms with Crippen LogP contribution in [0.25, 0.3) is 0 Å². The number of H-pyrrole nitrogens is 1. The van der Waals surface area contributed by atoms with Gasteiger partial charge in [-0.3, -0.25) is 4.79 Å². The first kappa shape index (κ1) is 13.4. The van der Waals surface area contributed by atoms with Crippen LogP contribution in [0.3, 0.4) is 0 Å². The van der Waals surface area contributed by atoms with Gasteiger partial charge in [-0.05, 0) is 22.0 Å². The molecule has 0 bridgehead atoms. The predicted octanol–water partition coefficient (Wildman–Crippen LogP) is -0.377. The Morgan fingerprint density at radius 2 is 2.45 bits per heavy atom. The first-order valence-corrected chi connectivity index (χ1v) is 6.84. The van der Waals surface area contributed by atoms with Crippen molar-refractivity contribution < 1.29 is 19.4 Å². The van der Waals surface area contributed by atoms with E-state index in [1.807, 2.05) is 0 Å². The second-order valence-electron chi connectivity index (χ2n) is 4.81. The zero-order valence-electron chi connectivity index (χ0n) is 10.3. The van der Waals surface area contributed by atoms with Crippen LogP contribution in [0.15, 0.2) is 16.7 Å². The van der Waals surface area contributed by atoms with Crippen LogP contribution in [0.4, 0.5) is 4.79 Å². The van der Waals surface area contributed by atoms with E-state index in [-0.39, 0.29) is 25.0 Å². The molecule has 2 aliphatic rings. The summed E-state index contributed by atoms with van der Waals surface area (Å²) in [6.45, 7) is 0.242. The Balaban J connectivity index is 1.53. The van der Waals surface area contributed by atoms with E-state index in [0.29, 0.717) is 5.69 Å². The van der Waals surface area contributed by atoms with Gasteiger partial charge in [-0.2, -0.15) is 0 Å². The minimum absolute atomic E-state index is 0.213. The number of carbonyl (C=O) groups is 2. The first-order chi connectivity index (χ1) is 9.46. The standard InChI is InChI=1S/C11H13BrN4O4/c12-5-1-7(13-3-5)8(17)14-4-6-2-11(19)9(20-6)15-10(18)16-11/h1,3,6,9,13,19H,2,4H2,(H,14,17)(H2,15,16,18)/t6-,9+,11+/m0/s1. The second kappa shape index (κ2) is 4.76. The van der Waals surface area contributed by atoms with Crippen molar-refractivity contribution in [3.05, 3.63) is 22.4 Å². The van der Waals surface area contributed by atoms with E-state index >= 15 is 0 Å². The van der Waals surface area contributed by atoms with Gasteiger partial charge in [0.25, 0.3) is 5.91 Å². The zero-order chi connectivity index (χ0) is 14.3. The quantitative estimate of drug-likeness (QED) is 0.514. The summed E-state index contributed by atoms with van der Waals surface area (Å²) in [5, 5.41) is 17.7. The molecule has 0 radical (unpaired) electrons. The summed E-state index contributed by atoms with van der Waals surface area (Å²) in [4.78, 5) is 25.7. The smallest absolute Gasteiger partial charge is 0.319 e. The average molecular weight is 345 g/mol. The predicted molar refractivity (Wildman–Crippen MR) is 70.7 cm³/mol. The Bertz CT molecular complexity index is 562. The number of aromatic amines is 1. The molecule has 3 heterocycles. The molecule has 2 fully saturated rings. The molecule has 5 N–H and O–H groups in total. The Morgan fingerprint density at radius 3 is 3.10 bits per heavy atom. The first-order valence-electron chi connectivity index (χ1n) is 6.05. The Hall–Kier alpha value is -1.58. The van der Waals surface area contributed by atoms with Gasteiger partial charge >= 0.3 is 6.03 Å². The van der Waals surface area contributed by atoms with Crippen LogP contribution in [0.1, 0.15) is 16.9 Å². The number of urea groups is 1. The summed E-state index contributed by atoms with van der Waals surface area (Å²) >= 11 is 3.25. The molecule has 2 aliphatic heterocycles. The van der Waals surface area contributed by atoms with Gasteiger partial charge in [0.15, 0.2) is 12.0 Å². The second-order valence-corrected chi connectivity index (χ2v) is 5.72. The Labute approximate surface area is 122 Å². The highest BCUT2D eigenvalue weighted by Crippen LogP contribution is 2.29. The van der Waals surface area contributed by atoms with Crippen molar-refractivity contribution in [3.8, 4) is 0 Å². The van der Waals surface area contributed by atoms with Crippen LogP contribution < -0.4 is 16.0 Å². The molecule has 20 heavy (non-hydrogen) atoms. The Kier molecular flexibility index (Phi) is 3.19. The number of halogens is 1. The maximum atomic E-state index is 11.8. The summed E-state index contributed by atoms with van der Waals surface area (Å²) in [5.41, 5.74) is -0.970. The summed E-state index contributed by atoms with van der Waals surface area (Å²) in [6, 6.07) is 1.20. The molecule has 0 unspecified atom stereocenters. The highest BCUT2D eigenvalue weighted by Gasteiger charge is 2.53. The summed E-state index contributed by atoms with van der Waals surface area (Å²) in [6.07, 6.45) is 0.718. The van der Waals surface area contributed by atoms with E-state index in [1.165, 1.54) is 0 Å². The van der Waals surface area contributed by atoms with Crippen molar-refractivity contribution >= 4 is 27.9 Å². The van der Waals surface area contributed by atoms with Crippen LogP contribution in [0, 0.1) is 0 Å². The minimum atomic E-state index is -1.40. The molecule has 1 aromatic heterocycles. The van der Waals surface area contributed by atoms with Gasteiger partial charge in [0.1, 0.15) is 5.69 Å². The lowest BCUT2D eigenvalue weighted by molar-refractivity contribution is -0.0458. The number of aromatic nitrogens is 1. The lowest BCUT2D eigenvalue weighted by atomic mass is 10.1. The van der Waals surface area contributed by atoms with Crippen LogP contribution in [-0.4, -0.2) is 46.6 Å². The average Bonchev–Trinajstić information content (AvgIpc) is 2.98. The highest BCUT2D eigenvalue weighted by atomic mass is 79.9. The fourth-order valence-electron chi connectivity index (χ4n) is 2.35. The molecule has 9 heteroatoms. The summed E-state index contributed by atoms with van der Waals surface area (Å²) < 4.78 is 6.26. The van der Waals surface area contributed by atoms with Gasteiger partial charge < -0.3 is 30.8 Å². The van der Waals surface area contributed by atoms with Crippen molar-refractivity contribution in [2.75, 3.05) is 6.54 Å². The molecule has 3 rings (SSSR count). The maximum Gasteiger partial charge on any atom is 0.319 e. The lowest BCUT2D eigenvalue weighted by Gasteiger charge is -2.17. The van der Waals surface area contributed by atoms with Crippen LogP contribution in [-0.2, 0) is 4.74 Å². The fourth-order valence-corrected chi connectivity index (χ4v) is 2.69. The SMILES string of the molecule is O=C1N[C@@H]2O[C@H](CNC(=O)c3cc(Br)c[nH]3)C[C@]2(O)N1. The van der Waals surface area contributed by atoms with Gasteiger partial charge in [-0.1, -0.05) is 0 Å². The topological polar surface area (TPSA) is 115 Å². The molecule has 2 saturated heterocycles. The number of hydrogen-bond donors (Lipinski definition) is 5. The van der Waals surface area contributed by atoms with Gasteiger partial charge in [-0.25, -0.2) is 4.79 Å². The van der Waals surface area contributed by atoms with E-state index < -0.39 is 18.0 Å². The normalized spacial score (nSPS) is 31.6. The molecule has 8 nitrogen and oxygen atoms in total. The van der Waals surface area contributed by atoms with Crippen LogP contribution in [0.5, 0.6) is 0 Å². The summed E-state index contributed by atoms with van der Waals surface area (Å²) in [5.74, 6) is -0.264. The van der Waals surface area contributed by atoms with E-state index in [2.05, 4.69) is 36.9 Å². The van der Waals surface area contributed by atoms with Gasteiger partial charge in [0.05, 0.1) is 6.10 Å². The molecule has 0 aromatic carbocycles. The third-order valence-corrected chi connectivity index (χ3v) is 3.73. The number of hydrogen-bond acceptors (Lipinski definition) is 4. The van der Waals surface area contributed by atoms with Crippen molar-refractivity contribution in [1.29, 1.82) is 0 Å². The molecule has 0 aliphatic carbocycles. The van der Waals surface area contributed by atoms with Crippen molar-refractivity contribution in [1.82, 2.24) is 20.9 Å². The largest absolute Gasteiger partial charge is 0.367 e. The third kappa shape index (κ3) is 2.39. The number of fused-ring (bicyclic) bond motifs is 1. The molecule has 3 atom stereocenters. The lowest BCUT2D eigenvalue weighted by Crippen LogP contribution is -2.46. The third-order valence-electron chi connectivity index (χ3n) is 3.28. The molecule has 1 aromatic rings. The van der Waals surface area contributed by atoms with Crippen molar-refractivity contribution in [2.24, 2.45) is 0 Å². The monoisotopic (exact) mass is 344 g/mol. The van der Waals surface area contributed by atoms with E-state index in [0.717, 1.165) is 4.47 Å². The van der Waals surface area contributed by atoms with Crippen molar-refractivity contribution in [2.45, 2.75) is 24.5 Å². The molecule has 108 valence electrons. The summed E-state index contributed by atoms with van der Waals surface area (Å²) in [7, 11) is 0. The van der Waals surface area contributed by atoms with E-state index in [1.54, 1.807) is 12.3 Å². The molecule has 0 spiro atoms. The number of rotatable bonds is 3. The fraction of sp³-hybridized carbons (Fsp3) is 0.455. The van der Waals surface area contributed by atoms with Gasteiger partial charge in [0, 0.05) is 23.6 Å². The molecular weight excluding hydrogens is 332 g/mol. The van der Waals surface area contributed by atoms with Crippen LogP contribution >= 0.6 is 15.9 Å². The molecule has 3 amide bonds. The van der Waals surface area contributed by atoms with E-state index in [9.17, 15) is 14.7 Å². The van der Waals surface area contributed by atoms with E-state index in [4.69, 9.17) is 4.74 Å². The molecule has 0 saturated carbocycles. The maximum absolute atomic E-state index is 11.8. The van der Waals surface area contributed by atoms with Crippen molar-refractivity contribution in [3.63, 3.8) is 0 Å². The van der Waals surface area contributed by atoms with Gasteiger partial charge in [-0.15, -0.1) is 0 Å². The zero-order valence-corrected chi connectivity index (χ0v) is 11.9. The number of carbonyl (C=O) groups excluding carboxylic acids is 2. The Morgan fingerprint density at radius 1 is 1.65 bits per heavy atom.